The van der Waals surface area contributed by atoms with Crippen LogP contribution in [0.25, 0.3) is 0 Å². The minimum Gasteiger partial charge on any atom is -0.345 e. The van der Waals surface area contributed by atoms with Gasteiger partial charge in [0, 0.05) is 6.54 Å². The van der Waals surface area contributed by atoms with Crippen molar-refractivity contribution in [2.45, 2.75) is 26.8 Å². The Morgan fingerprint density at radius 3 is 2.70 bits per heavy atom. The molecule has 10 heavy (non-hydrogen) atoms. The molecule has 1 aromatic rings. The number of rotatable bonds is 2. The van der Waals surface area contributed by atoms with E-state index in [0.29, 0.717) is 6.54 Å². The van der Waals surface area contributed by atoms with Gasteiger partial charge in [-0.3, -0.25) is 0 Å². The highest BCUT2D eigenvalue weighted by atomic mass is 14.9. The summed E-state index contributed by atoms with van der Waals surface area (Å²) in [6, 6.07) is 0. The molecule has 1 heterocycles. The third-order valence-corrected chi connectivity index (χ3v) is 1.52. The summed E-state index contributed by atoms with van der Waals surface area (Å²) in [5.41, 5.74) is 7.63. The van der Waals surface area contributed by atoms with E-state index in [2.05, 4.69) is 16.9 Å². The molecular formula is C7H13N3. The Kier molecular flexibility index (Phi) is 2.06. The first-order valence-electron chi connectivity index (χ1n) is 3.52. The highest BCUT2D eigenvalue weighted by molar-refractivity contribution is 5.13. The van der Waals surface area contributed by atoms with Gasteiger partial charge in [-0.15, -0.1) is 0 Å². The Labute approximate surface area is 60.7 Å². The van der Waals surface area contributed by atoms with Crippen LogP contribution in [0.2, 0.25) is 0 Å². The van der Waals surface area contributed by atoms with E-state index in [-0.39, 0.29) is 0 Å². The predicted octanol–water partition coefficient (Wildman–Crippen LogP) is 0.739. The van der Waals surface area contributed by atoms with Crippen LogP contribution < -0.4 is 5.73 Å². The van der Waals surface area contributed by atoms with Crippen molar-refractivity contribution in [1.29, 1.82) is 0 Å². The van der Waals surface area contributed by atoms with Crippen LogP contribution in [0.3, 0.4) is 0 Å². The van der Waals surface area contributed by atoms with Gasteiger partial charge in [-0.2, -0.15) is 0 Å². The number of hydrogen-bond donors (Lipinski definition) is 2. The van der Waals surface area contributed by atoms with Crippen LogP contribution in [-0.4, -0.2) is 9.97 Å². The average molecular weight is 139 g/mol. The molecule has 0 fully saturated rings. The molecule has 56 valence electrons. The van der Waals surface area contributed by atoms with Gasteiger partial charge in [-0.1, -0.05) is 6.92 Å². The van der Waals surface area contributed by atoms with Crippen molar-refractivity contribution >= 4 is 0 Å². The highest BCUT2D eigenvalue weighted by Gasteiger charge is 2.02. The summed E-state index contributed by atoms with van der Waals surface area (Å²) in [6.45, 7) is 4.58. The zero-order chi connectivity index (χ0) is 7.56. The third kappa shape index (κ3) is 1.19. The first-order valence-corrected chi connectivity index (χ1v) is 3.52. The Morgan fingerprint density at radius 1 is 1.60 bits per heavy atom. The number of hydrogen-bond acceptors (Lipinski definition) is 2. The van der Waals surface area contributed by atoms with Gasteiger partial charge in [0.2, 0.25) is 0 Å². The van der Waals surface area contributed by atoms with Gasteiger partial charge in [0.15, 0.2) is 0 Å². The topological polar surface area (TPSA) is 54.7 Å². The van der Waals surface area contributed by atoms with Crippen LogP contribution in [0.5, 0.6) is 0 Å². The van der Waals surface area contributed by atoms with E-state index in [4.69, 9.17) is 5.73 Å². The molecule has 0 aliphatic rings. The minimum absolute atomic E-state index is 0.560. The molecule has 0 aromatic carbocycles. The fourth-order valence-corrected chi connectivity index (χ4v) is 1.05. The predicted molar refractivity (Wildman–Crippen MR) is 40.6 cm³/mol. The molecule has 3 nitrogen and oxygen atoms in total. The maximum atomic E-state index is 5.47. The maximum absolute atomic E-state index is 5.47. The Balaban J connectivity index is 2.96. The lowest BCUT2D eigenvalue weighted by Crippen LogP contribution is -1.99. The molecule has 0 amide bonds. The quantitative estimate of drug-likeness (QED) is 0.635. The minimum atomic E-state index is 0.560. The first kappa shape index (κ1) is 7.28. The highest BCUT2D eigenvalue weighted by Crippen LogP contribution is 2.04. The van der Waals surface area contributed by atoms with Crippen LogP contribution in [0.4, 0.5) is 0 Å². The van der Waals surface area contributed by atoms with E-state index in [1.54, 1.807) is 0 Å². The van der Waals surface area contributed by atoms with Crippen LogP contribution in [-0.2, 0) is 13.0 Å². The fourth-order valence-electron chi connectivity index (χ4n) is 1.05. The molecule has 0 unspecified atom stereocenters. The number of H-pyrrole nitrogens is 1. The third-order valence-electron chi connectivity index (χ3n) is 1.52. The van der Waals surface area contributed by atoms with Crippen LogP contribution in [0, 0.1) is 6.92 Å². The Hall–Kier alpha value is -0.830. The smallest absolute Gasteiger partial charge is 0.103 e. The summed E-state index contributed by atoms with van der Waals surface area (Å²) in [4.78, 5) is 7.37. The summed E-state index contributed by atoms with van der Waals surface area (Å²) in [5.74, 6) is 0.956. The number of aryl methyl sites for hydroxylation is 2. The molecule has 1 aromatic heterocycles. The number of aromatic amines is 1. The van der Waals surface area contributed by atoms with Crippen molar-refractivity contribution in [3.05, 3.63) is 17.2 Å². The normalized spacial score (nSPS) is 10.3. The molecular weight excluding hydrogens is 126 g/mol. The first-order chi connectivity index (χ1) is 4.77. The van der Waals surface area contributed by atoms with Crippen LogP contribution in [0.15, 0.2) is 0 Å². The lowest BCUT2D eigenvalue weighted by molar-refractivity contribution is 0.951. The Bertz CT molecular complexity index is 193. The molecule has 0 bridgehead atoms. The molecule has 0 aliphatic carbocycles. The Morgan fingerprint density at radius 2 is 2.30 bits per heavy atom. The molecule has 0 saturated heterocycles. The van der Waals surface area contributed by atoms with Gasteiger partial charge in [0.1, 0.15) is 5.82 Å². The summed E-state index contributed by atoms with van der Waals surface area (Å²) in [7, 11) is 0. The van der Waals surface area contributed by atoms with Gasteiger partial charge < -0.3 is 10.7 Å². The molecule has 1 rings (SSSR count). The van der Waals surface area contributed by atoms with Gasteiger partial charge in [0.05, 0.1) is 11.4 Å². The zero-order valence-corrected chi connectivity index (χ0v) is 6.44. The molecule has 0 saturated carbocycles. The SMILES string of the molecule is CCc1nc(C)[nH]c1CN. The van der Waals surface area contributed by atoms with Crippen molar-refractivity contribution in [3.8, 4) is 0 Å². The van der Waals surface area contributed by atoms with E-state index in [0.717, 1.165) is 23.6 Å². The lowest BCUT2D eigenvalue weighted by atomic mass is 10.3. The second-order valence-electron chi connectivity index (χ2n) is 2.31. The molecule has 0 radical (unpaired) electrons. The summed E-state index contributed by atoms with van der Waals surface area (Å²) < 4.78 is 0. The number of nitrogens with one attached hydrogen (secondary N) is 1. The lowest BCUT2D eigenvalue weighted by Gasteiger charge is -1.92. The second-order valence-corrected chi connectivity index (χ2v) is 2.31. The van der Waals surface area contributed by atoms with E-state index in [1.807, 2.05) is 6.92 Å². The van der Waals surface area contributed by atoms with E-state index < -0.39 is 0 Å². The fraction of sp³-hybridized carbons (Fsp3) is 0.571. The van der Waals surface area contributed by atoms with Crippen molar-refractivity contribution in [1.82, 2.24) is 9.97 Å². The number of aromatic nitrogens is 2. The van der Waals surface area contributed by atoms with E-state index in [1.165, 1.54) is 0 Å². The molecule has 0 aliphatic heterocycles. The van der Waals surface area contributed by atoms with Crippen molar-refractivity contribution < 1.29 is 0 Å². The van der Waals surface area contributed by atoms with Crippen molar-refractivity contribution in [3.63, 3.8) is 0 Å². The van der Waals surface area contributed by atoms with Gasteiger partial charge >= 0.3 is 0 Å². The number of nitrogens with zero attached hydrogens (tertiary/aromatic N) is 1. The van der Waals surface area contributed by atoms with Gasteiger partial charge in [-0.25, -0.2) is 4.98 Å². The van der Waals surface area contributed by atoms with Gasteiger partial charge in [0.25, 0.3) is 0 Å². The average Bonchev–Trinajstić information content (AvgIpc) is 2.30. The zero-order valence-electron chi connectivity index (χ0n) is 6.44. The maximum Gasteiger partial charge on any atom is 0.103 e. The summed E-state index contributed by atoms with van der Waals surface area (Å²) >= 11 is 0. The monoisotopic (exact) mass is 139 g/mol. The molecule has 3 heteroatoms. The number of imidazole rings is 1. The standard InChI is InChI=1S/C7H13N3/c1-3-6-7(4-8)10-5(2)9-6/h3-4,8H2,1-2H3,(H,9,10). The van der Waals surface area contributed by atoms with E-state index >= 15 is 0 Å². The summed E-state index contributed by atoms with van der Waals surface area (Å²) in [6.07, 6.45) is 0.955. The van der Waals surface area contributed by atoms with Crippen molar-refractivity contribution in [2.24, 2.45) is 5.73 Å². The molecule has 0 atom stereocenters. The van der Waals surface area contributed by atoms with Crippen LogP contribution >= 0.6 is 0 Å². The van der Waals surface area contributed by atoms with Crippen LogP contribution in [0.1, 0.15) is 24.1 Å². The van der Waals surface area contributed by atoms with Crippen molar-refractivity contribution in [2.75, 3.05) is 0 Å². The second kappa shape index (κ2) is 2.84. The van der Waals surface area contributed by atoms with E-state index in [9.17, 15) is 0 Å². The summed E-state index contributed by atoms with van der Waals surface area (Å²) in [5, 5.41) is 0. The van der Waals surface area contributed by atoms with Gasteiger partial charge in [-0.05, 0) is 13.3 Å². The molecule has 3 N–H and O–H groups in total. The largest absolute Gasteiger partial charge is 0.345 e. The number of nitrogens with two attached hydrogens (primary N) is 1. The molecule has 0 spiro atoms.